The van der Waals surface area contributed by atoms with Crippen molar-refractivity contribution < 1.29 is 23.5 Å². The number of ether oxygens (including phenoxy) is 1. The van der Waals surface area contributed by atoms with Gasteiger partial charge in [0.1, 0.15) is 12.5 Å². The van der Waals surface area contributed by atoms with Gasteiger partial charge < -0.3 is 9.64 Å². The summed E-state index contributed by atoms with van der Waals surface area (Å²) in [6.45, 7) is 2.66. The fourth-order valence-electron chi connectivity index (χ4n) is 3.03. The van der Waals surface area contributed by atoms with Crippen molar-refractivity contribution in [2.24, 2.45) is 0 Å². The van der Waals surface area contributed by atoms with E-state index in [4.69, 9.17) is 4.74 Å². The molecule has 1 fully saturated rings. The van der Waals surface area contributed by atoms with Crippen molar-refractivity contribution in [2.75, 3.05) is 24.7 Å². The molecule has 1 aliphatic rings. The number of carbonyl (C=O) groups excluding carboxylic acids is 3. The van der Waals surface area contributed by atoms with E-state index in [0.29, 0.717) is 29.8 Å². The number of esters is 1. The molecular weight excluding hydrogens is 363 g/mol. The molecule has 0 unspecified atom stereocenters. The summed E-state index contributed by atoms with van der Waals surface area (Å²) in [5.41, 5.74) is 1.21. The number of carbonyl (C=O) groups is 3. The predicted molar refractivity (Wildman–Crippen MR) is 101 cm³/mol. The van der Waals surface area contributed by atoms with Gasteiger partial charge in [-0.25, -0.2) is 9.18 Å². The van der Waals surface area contributed by atoms with Gasteiger partial charge in [-0.05, 0) is 61.9 Å². The summed E-state index contributed by atoms with van der Waals surface area (Å²) in [6.07, 6.45) is 1.21. The summed E-state index contributed by atoms with van der Waals surface area (Å²) in [5.74, 6) is -1.25. The van der Waals surface area contributed by atoms with E-state index in [1.54, 1.807) is 36.1 Å². The number of halogens is 1. The molecule has 1 aliphatic heterocycles. The molecule has 0 spiro atoms. The fourth-order valence-corrected chi connectivity index (χ4v) is 3.03. The molecule has 0 aliphatic carbocycles. The van der Waals surface area contributed by atoms with Crippen molar-refractivity contribution in [3.8, 4) is 0 Å². The summed E-state index contributed by atoms with van der Waals surface area (Å²) < 4.78 is 18.2. The van der Waals surface area contributed by atoms with E-state index in [9.17, 15) is 18.8 Å². The van der Waals surface area contributed by atoms with Gasteiger partial charge in [-0.15, -0.1) is 0 Å². The van der Waals surface area contributed by atoms with Crippen molar-refractivity contribution in [2.45, 2.75) is 19.8 Å². The molecule has 0 aromatic heterocycles. The highest BCUT2D eigenvalue weighted by Gasteiger charge is 2.26. The second kappa shape index (κ2) is 8.65. The predicted octanol–water partition coefficient (Wildman–Crippen LogP) is 3.23. The summed E-state index contributed by atoms with van der Waals surface area (Å²) >= 11 is 0. The van der Waals surface area contributed by atoms with Gasteiger partial charge in [-0.1, -0.05) is 0 Å². The van der Waals surface area contributed by atoms with E-state index in [2.05, 4.69) is 0 Å². The Morgan fingerprint density at radius 2 is 1.71 bits per heavy atom. The molecule has 1 heterocycles. The minimum absolute atomic E-state index is 0.0138. The Morgan fingerprint density at radius 1 is 1.07 bits per heavy atom. The van der Waals surface area contributed by atoms with Crippen molar-refractivity contribution in [3.05, 3.63) is 65.5 Å². The van der Waals surface area contributed by atoms with Gasteiger partial charge in [0.15, 0.2) is 0 Å². The van der Waals surface area contributed by atoms with Crippen LogP contribution in [0.3, 0.4) is 0 Å². The van der Waals surface area contributed by atoms with Crippen LogP contribution in [-0.4, -0.2) is 42.5 Å². The fraction of sp³-hybridized carbons (Fsp3) is 0.286. The zero-order valence-electron chi connectivity index (χ0n) is 15.6. The number of likely N-dealkylation sites (tertiary alicyclic amines) is 1. The molecule has 2 amide bonds. The molecule has 146 valence electrons. The first-order valence-electron chi connectivity index (χ1n) is 9.12. The van der Waals surface area contributed by atoms with E-state index < -0.39 is 11.8 Å². The maximum Gasteiger partial charge on any atom is 0.338 e. The Labute approximate surface area is 162 Å². The van der Waals surface area contributed by atoms with Gasteiger partial charge in [-0.2, -0.15) is 0 Å². The Hall–Kier alpha value is -3.22. The monoisotopic (exact) mass is 384 g/mol. The summed E-state index contributed by atoms with van der Waals surface area (Å²) in [7, 11) is 0. The van der Waals surface area contributed by atoms with Gasteiger partial charge in [0.2, 0.25) is 5.91 Å². The molecule has 0 N–H and O–H groups in total. The summed E-state index contributed by atoms with van der Waals surface area (Å²) in [5, 5.41) is 0. The van der Waals surface area contributed by atoms with Crippen LogP contribution in [0.2, 0.25) is 0 Å². The zero-order valence-corrected chi connectivity index (χ0v) is 15.6. The van der Waals surface area contributed by atoms with Gasteiger partial charge in [0, 0.05) is 24.2 Å². The first kappa shape index (κ1) is 19.5. The van der Waals surface area contributed by atoms with E-state index >= 15 is 0 Å². The average molecular weight is 384 g/mol. The smallest absolute Gasteiger partial charge is 0.338 e. The van der Waals surface area contributed by atoms with E-state index in [0.717, 1.165) is 6.42 Å². The Bertz CT molecular complexity index is 865. The lowest BCUT2D eigenvalue weighted by Crippen LogP contribution is -2.42. The van der Waals surface area contributed by atoms with Gasteiger partial charge in [0.05, 0.1) is 12.2 Å². The molecule has 2 aromatic carbocycles. The SMILES string of the molecule is CCOC(=O)c1ccc(N(CN2CCCC2=O)C(=O)c2ccc(F)cc2)cc1. The zero-order chi connectivity index (χ0) is 20.1. The number of anilines is 1. The summed E-state index contributed by atoms with van der Waals surface area (Å²) in [6, 6.07) is 11.7. The van der Waals surface area contributed by atoms with Crippen molar-refractivity contribution in [3.63, 3.8) is 0 Å². The molecule has 28 heavy (non-hydrogen) atoms. The quantitative estimate of drug-likeness (QED) is 0.717. The number of amides is 2. The van der Waals surface area contributed by atoms with Crippen LogP contribution >= 0.6 is 0 Å². The standard InChI is InChI=1S/C21H21FN2O4/c1-2-28-21(27)16-7-11-18(12-8-16)24(14-23-13-3-4-19(23)25)20(26)15-5-9-17(22)10-6-15/h5-12H,2-4,13-14H2,1H3. The Balaban J connectivity index is 1.89. The molecule has 6 nitrogen and oxygen atoms in total. The van der Waals surface area contributed by atoms with E-state index in [1.165, 1.54) is 29.2 Å². The minimum Gasteiger partial charge on any atom is -0.462 e. The van der Waals surface area contributed by atoms with Crippen molar-refractivity contribution in [1.29, 1.82) is 0 Å². The normalized spacial score (nSPS) is 13.5. The van der Waals surface area contributed by atoms with E-state index in [-0.39, 0.29) is 25.1 Å². The van der Waals surface area contributed by atoms with Crippen LogP contribution in [0, 0.1) is 5.82 Å². The number of benzene rings is 2. The van der Waals surface area contributed by atoms with Crippen LogP contribution in [0.25, 0.3) is 0 Å². The number of hydrogen-bond acceptors (Lipinski definition) is 4. The lowest BCUT2D eigenvalue weighted by molar-refractivity contribution is -0.127. The highest BCUT2D eigenvalue weighted by molar-refractivity contribution is 6.06. The second-order valence-electron chi connectivity index (χ2n) is 6.41. The van der Waals surface area contributed by atoms with Crippen LogP contribution in [0.4, 0.5) is 10.1 Å². The van der Waals surface area contributed by atoms with Crippen LogP contribution in [0.5, 0.6) is 0 Å². The summed E-state index contributed by atoms with van der Waals surface area (Å²) in [4.78, 5) is 40.0. The molecule has 0 bridgehead atoms. The third-order valence-electron chi connectivity index (χ3n) is 4.51. The van der Waals surface area contributed by atoms with Gasteiger partial charge in [0.25, 0.3) is 5.91 Å². The van der Waals surface area contributed by atoms with Crippen LogP contribution in [0.1, 0.15) is 40.5 Å². The first-order chi connectivity index (χ1) is 13.5. The molecule has 0 radical (unpaired) electrons. The second-order valence-corrected chi connectivity index (χ2v) is 6.41. The molecular formula is C21H21FN2O4. The molecule has 2 aromatic rings. The highest BCUT2D eigenvalue weighted by Crippen LogP contribution is 2.21. The lowest BCUT2D eigenvalue weighted by atomic mass is 10.1. The molecule has 0 atom stereocenters. The first-order valence-corrected chi connectivity index (χ1v) is 9.12. The van der Waals surface area contributed by atoms with Crippen LogP contribution < -0.4 is 4.90 Å². The molecule has 3 rings (SSSR count). The maximum absolute atomic E-state index is 13.2. The van der Waals surface area contributed by atoms with E-state index in [1.807, 2.05) is 0 Å². The Morgan fingerprint density at radius 3 is 2.29 bits per heavy atom. The molecule has 0 saturated carbocycles. The number of hydrogen-bond donors (Lipinski definition) is 0. The average Bonchev–Trinajstić information content (AvgIpc) is 3.11. The third-order valence-corrected chi connectivity index (χ3v) is 4.51. The van der Waals surface area contributed by atoms with Gasteiger partial charge in [-0.3, -0.25) is 14.5 Å². The van der Waals surface area contributed by atoms with Crippen LogP contribution in [0.15, 0.2) is 48.5 Å². The third kappa shape index (κ3) is 4.36. The largest absolute Gasteiger partial charge is 0.462 e. The lowest BCUT2D eigenvalue weighted by Gasteiger charge is -2.28. The molecule has 1 saturated heterocycles. The Kier molecular flexibility index (Phi) is 6.03. The number of rotatable bonds is 6. The van der Waals surface area contributed by atoms with Gasteiger partial charge >= 0.3 is 5.97 Å². The minimum atomic E-state index is -0.444. The molecule has 7 heteroatoms. The highest BCUT2D eigenvalue weighted by atomic mass is 19.1. The maximum atomic E-state index is 13.2. The van der Waals surface area contributed by atoms with Crippen molar-refractivity contribution >= 4 is 23.5 Å². The van der Waals surface area contributed by atoms with Crippen LogP contribution in [-0.2, 0) is 9.53 Å². The number of nitrogens with zero attached hydrogens (tertiary/aromatic N) is 2. The van der Waals surface area contributed by atoms with Crippen molar-refractivity contribution in [1.82, 2.24) is 4.90 Å². The topological polar surface area (TPSA) is 66.9 Å².